The predicted octanol–water partition coefficient (Wildman–Crippen LogP) is 2.91. The van der Waals surface area contributed by atoms with E-state index < -0.39 is 0 Å². The van der Waals surface area contributed by atoms with Gasteiger partial charge in [0.2, 0.25) is 17.6 Å². The first-order valence-corrected chi connectivity index (χ1v) is 9.40. The molecule has 0 fully saturated rings. The number of rotatable bonds is 10. The Morgan fingerprint density at radius 3 is 2.44 bits per heavy atom. The van der Waals surface area contributed by atoms with Crippen LogP contribution in [0.15, 0.2) is 28.8 Å². The largest absolute Gasteiger partial charge is 0.497 e. The van der Waals surface area contributed by atoms with Gasteiger partial charge in [0.05, 0.1) is 7.11 Å². The maximum absolute atomic E-state index is 12.1. The van der Waals surface area contributed by atoms with Crippen molar-refractivity contribution >= 4 is 5.91 Å². The molecule has 2 rings (SSSR count). The fraction of sp³-hybridized carbons (Fsp3) is 0.550. The number of ether oxygens (including phenoxy) is 1. The predicted molar refractivity (Wildman–Crippen MR) is 105 cm³/mol. The fourth-order valence-electron chi connectivity index (χ4n) is 2.96. The summed E-state index contributed by atoms with van der Waals surface area (Å²) in [5, 5.41) is 6.94. The highest BCUT2D eigenvalue weighted by Crippen LogP contribution is 2.19. The molecule has 0 aliphatic rings. The van der Waals surface area contributed by atoms with Gasteiger partial charge in [0.1, 0.15) is 5.75 Å². The molecule has 0 saturated carbocycles. The minimum atomic E-state index is -0.00772. The van der Waals surface area contributed by atoms with Crippen molar-refractivity contribution < 1.29 is 14.1 Å². The van der Waals surface area contributed by atoms with E-state index in [1.807, 2.05) is 24.3 Å². The van der Waals surface area contributed by atoms with E-state index >= 15 is 0 Å². The van der Waals surface area contributed by atoms with E-state index in [0.717, 1.165) is 17.9 Å². The van der Waals surface area contributed by atoms with Crippen molar-refractivity contribution in [1.29, 1.82) is 0 Å². The highest BCUT2D eigenvalue weighted by molar-refractivity contribution is 5.76. The first kappa shape index (κ1) is 20.9. The van der Waals surface area contributed by atoms with E-state index in [1.165, 1.54) is 0 Å². The number of methoxy groups -OCH3 is 1. The van der Waals surface area contributed by atoms with Crippen LogP contribution in [-0.4, -0.2) is 53.2 Å². The van der Waals surface area contributed by atoms with Crippen molar-refractivity contribution in [1.82, 2.24) is 20.4 Å². The Morgan fingerprint density at radius 1 is 1.19 bits per heavy atom. The molecule has 148 valence electrons. The summed E-state index contributed by atoms with van der Waals surface area (Å²) in [6.45, 7) is 10.1. The molecule has 1 heterocycles. The van der Waals surface area contributed by atoms with E-state index in [1.54, 1.807) is 7.11 Å². The van der Waals surface area contributed by atoms with Crippen LogP contribution in [0.5, 0.6) is 5.75 Å². The molecule has 7 heteroatoms. The molecule has 0 spiro atoms. The van der Waals surface area contributed by atoms with E-state index in [9.17, 15) is 4.79 Å². The third kappa shape index (κ3) is 6.36. The first-order chi connectivity index (χ1) is 12.9. The number of nitrogens with zero attached hydrogens (tertiary/aromatic N) is 3. The zero-order valence-corrected chi connectivity index (χ0v) is 16.9. The second-order valence-electron chi connectivity index (χ2n) is 7.02. The molecule has 27 heavy (non-hydrogen) atoms. The van der Waals surface area contributed by atoms with E-state index in [2.05, 4.69) is 48.1 Å². The lowest BCUT2D eigenvalue weighted by Crippen LogP contribution is -2.42. The number of hydrogen-bond acceptors (Lipinski definition) is 6. The average Bonchev–Trinajstić information content (AvgIpc) is 3.12. The zero-order valence-electron chi connectivity index (χ0n) is 16.9. The molecular weight excluding hydrogens is 344 g/mol. The molecule has 1 N–H and O–H groups in total. The van der Waals surface area contributed by atoms with Crippen LogP contribution in [-0.2, 0) is 11.2 Å². The van der Waals surface area contributed by atoms with Crippen molar-refractivity contribution in [2.45, 2.75) is 52.6 Å². The number of aryl methyl sites for hydroxylation is 1. The van der Waals surface area contributed by atoms with Crippen LogP contribution in [0.4, 0.5) is 0 Å². The maximum atomic E-state index is 12.1. The van der Waals surface area contributed by atoms with Crippen molar-refractivity contribution in [2.75, 3.05) is 20.2 Å². The monoisotopic (exact) mass is 374 g/mol. The Kier molecular flexibility index (Phi) is 7.79. The number of carbonyl (C=O) groups is 1. The zero-order chi connectivity index (χ0) is 19.8. The molecule has 1 amide bonds. The standard InChI is InChI=1S/C20H30N4O3/c1-14(2)24(15(3)4)13-12-21-18(25)10-11-19-22-20(23-27-19)16-6-8-17(26-5)9-7-16/h6-9,14-15H,10-13H2,1-5H3,(H,21,25). The minimum absolute atomic E-state index is 0.00772. The van der Waals surface area contributed by atoms with Gasteiger partial charge in [-0.05, 0) is 52.0 Å². The van der Waals surface area contributed by atoms with Crippen LogP contribution in [0.2, 0.25) is 0 Å². The summed E-state index contributed by atoms with van der Waals surface area (Å²) >= 11 is 0. The highest BCUT2D eigenvalue weighted by atomic mass is 16.5. The van der Waals surface area contributed by atoms with Crippen LogP contribution in [0.25, 0.3) is 11.4 Å². The van der Waals surface area contributed by atoms with Crippen LogP contribution in [0.1, 0.15) is 40.0 Å². The van der Waals surface area contributed by atoms with E-state index in [-0.39, 0.29) is 5.91 Å². The molecule has 0 atom stereocenters. The Balaban J connectivity index is 1.78. The van der Waals surface area contributed by atoms with Gasteiger partial charge >= 0.3 is 0 Å². The molecule has 0 radical (unpaired) electrons. The lowest BCUT2D eigenvalue weighted by atomic mass is 10.2. The van der Waals surface area contributed by atoms with Crippen LogP contribution >= 0.6 is 0 Å². The third-order valence-electron chi connectivity index (χ3n) is 4.40. The SMILES string of the molecule is COc1ccc(-c2noc(CCC(=O)NCCN(C(C)C)C(C)C)n2)cc1. The maximum Gasteiger partial charge on any atom is 0.227 e. The van der Waals surface area contributed by atoms with Crippen molar-refractivity contribution in [3.05, 3.63) is 30.2 Å². The molecule has 1 aromatic heterocycles. The number of aromatic nitrogens is 2. The number of nitrogens with one attached hydrogen (secondary N) is 1. The van der Waals surface area contributed by atoms with Crippen LogP contribution < -0.4 is 10.1 Å². The molecule has 0 aliphatic heterocycles. The lowest BCUT2D eigenvalue weighted by molar-refractivity contribution is -0.121. The molecular formula is C20H30N4O3. The summed E-state index contributed by atoms with van der Waals surface area (Å²) in [5.74, 6) is 1.74. The third-order valence-corrected chi connectivity index (χ3v) is 4.40. The normalized spacial score (nSPS) is 11.4. The quantitative estimate of drug-likeness (QED) is 0.689. The second kappa shape index (κ2) is 10.1. The second-order valence-corrected chi connectivity index (χ2v) is 7.02. The van der Waals surface area contributed by atoms with Gasteiger partial charge in [0, 0.05) is 43.6 Å². The molecule has 0 unspecified atom stereocenters. The number of benzene rings is 1. The number of hydrogen-bond donors (Lipinski definition) is 1. The number of amides is 1. The summed E-state index contributed by atoms with van der Waals surface area (Å²) < 4.78 is 10.4. The van der Waals surface area contributed by atoms with Gasteiger partial charge < -0.3 is 14.6 Å². The highest BCUT2D eigenvalue weighted by Gasteiger charge is 2.14. The van der Waals surface area contributed by atoms with E-state index in [4.69, 9.17) is 9.26 Å². The minimum Gasteiger partial charge on any atom is -0.497 e. The van der Waals surface area contributed by atoms with Gasteiger partial charge in [-0.25, -0.2) is 0 Å². The molecule has 1 aromatic carbocycles. The topological polar surface area (TPSA) is 80.5 Å². The molecule has 7 nitrogen and oxygen atoms in total. The summed E-state index contributed by atoms with van der Waals surface area (Å²) in [4.78, 5) is 18.8. The Morgan fingerprint density at radius 2 is 1.85 bits per heavy atom. The average molecular weight is 374 g/mol. The Bertz CT molecular complexity index is 702. The summed E-state index contributed by atoms with van der Waals surface area (Å²) in [7, 11) is 1.62. The van der Waals surface area contributed by atoms with Crippen molar-refractivity contribution in [3.63, 3.8) is 0 Å². The van der Waals surface area contributed by atoms with Crippen molar-refractivity contribution in [2.24, 2.45) is 0 Å². The molecule has 0 aliphatic carbocycles. The van der Waals surface area contributed by atoms with Crippen LogP contribution in [0, 0.1) is 0 Å². The van der Waals surface area contributed by atoms with E-state index in [0.29, 0.717) is 43.2 Å². The molecule has 0 saturated heterocycles. The molecule has 0 bridgehead atoms. The summed E-state index contributed by atoms with van der Waals surface area (Å²) in [5.41, 5.74) is 0.845. The van der Waals surface area contributed by atoms with Crippen LogP contribution in [0.3, 0.4) is 0 Å². The summed E-state index contributed by atoms with van der Waals surface area (Å²) in [6.07, 6.45) is 0.751. The summed E-state index contributed by atoms with van der Waals surface area (Å²) in [6, 6.07) is 8.34. The Hall–Kier alpha value is -2.41. The smallest absolute Gasteiger partial charge is 0.227 e. The van der Waals surface area contributed by atoms with Gasteiger partial charge in [-0.15, -0.1) is 0 Å². The lowest BCUT2D eigenvalue weighted by Gasteiger charge is -2.30. The molecule has 2 aromatic rings. The first-order valence-electron chi connectivity index (χ1n) is 9.40. The van der Waals surface area contributed by atoms with Crippen molar-refractivity contribution in [3.8, 4) is 17.1 Å². The van der Waals surface area contributed by atoms with Gasteiger partial charge in [0.25, 0.3) is 0 Å². The Labute approximate surface area is 161 Å². The fourth-order valence-corrected chi connectivity index (χ4v) is 2.96. The van der Waals surface area contributed by atoms with Gasteiger partial charge in [0.15, 0.2) is 0 Å². The van der Waals surface area contributed by atoms with Gasteiger partial charge in [-0.2, -0.15) is 4.98 Å². The number of carbonyl (C=O) groups excluding carboxylic acids is 1. The van der Waals surface area contributed by atoms with Gasteiger partial charge in [-0.1, -0.05) is 5.16 Å². The van der Waals surface area contributed by atoms with Gasteiger partial charge in [-0.3, -0.25) is 9.69 Å².